The molecule has 3 nitrogen and oxygen atoms in total. The number of ketones is 1. The van der Waals surface area contributed by atoms with Gasteiger partial charge >= 0.3 is 5.97 Å². The molecule has 0 amide bonds. The lowest BCUT2D eigenvalue weighted by Crippen LogP contribution is -2.16. The van der Waals surface area contributed by atoms with E-state index in [0.29, 0.717) is 11.3 Å². The minimum absolute atomic E-state index is 0.0201. The maximum absolute atomic E-state index is 12.5. The van der Waals surface area contributed by atoms with Crippen LogP contribution < -0.4 is 4.74 Å². The van der Waals surface area contributed by atoms with Gasteiger partial charge in [-0.25, -0.2) is 0 Å². The van der Waals surface area contributed by atoms with E-state index in [2.05, 4.69) is 13.8 Å². The Morgan fingerprint density at radius 3 is 2.21 bits per heavy atom. The summed E-state index contributed by atoms with van der Waals surface area (Å²) in [5.74, 6) is 0.0762. The molecule has 1 aromatic rings. The summed E-state index contributed by atoms with van der Waals surface area (Å²) in [4.78, 5) is 23.6. The first-order chi connectivity index (χ1) is 9.10. The van der Waals surface area contributed by atoms with Crippen LogP contribution in [0.15, 0.2) is 24.3 Å². The van der Waals surface area contributed by atoms with Crippen LogP contribution >= 0.6 is 0 Å². The summed E-state index contributed by atoms with van der Waals surface area (Å²) in [6, 6.07) is 6.97. The quantitative estimate of drug-likeness (QED) is 0.423. The Morgan fingerprint density at radius 2 is 1.68 bits per heavy atom. The number of benzene rings is 1. The Labute approximate surface area is 115 Å². The molecule has 3 heteroatoms. The third kappa shape index (κ3) is 4.51. The lowest BCUT2D eigenvalue weighted by Gasteiger charge is -2.16. The Balaban J connectivity index is 2.99. The molecule has 0 saturated heterocycles. The highest BCUT2D eigenvalue weighted by atomic mass is 16.5. The normalized spacial score (nSPS) is 10.5. The molecule has 1 aromatic carbocycles. The van der Waals surface area contributed by atoms with Crippen LogP contribution in [0.5, 0.6) is 5.75 Å². The second-order valence-corrected chi connectivity index (χ2v) is 4.73. The zero-order valence-electron chi connectivity index (χ0n) is 11.9. The average molecular weight is 262 g/mol. The molecule has 0 spiro atoms. The minimum Gasteiger partial charge on any atom is -0.426 e. The maximum atomic E-state index is 12.5. The van der Waals surface area contributed by atoms with Gasteiger partial charge in [0, 0.05) is 12.8 Å². The summed E-state index contributed by atoms with van der Waals surface area (Å²) in [6.45, 7) is 5.50. The van der Waals surface area contributed by atoms with Crippen molar-refractivity contribution in [2.45, 2.75) is 46.5 Å². The highest BCUT2D eigenvalue weighted by Gasteiger charge is 2.21. The van der Waals surface area contributed by atoms with Gasteiger partial charge in [0.1, 0.15) is 5.75 Å². The zero-order valence-corrected chi connectivity index (χ0v) is 11.9. The second-order valence-electron chi connectivity index (χ2n) is 4.73. The van der Waals surface area contributed by atoms with Crippen LogP contribution in [-0.2, 0) is 4.79 Å². The largest absolute Gasteiger partial charge is 0.426 e. The lowest BCUT2D eigenvalue weighted by atomic mass is 9.89. The average Bonchev–Trinajstić information content (AvgIpc) is 2.38. The number of carbonyl (C=O) groups excluding carboxylic acids is 2. The molecule has 0 fully saturated rings. The molecule has 0 heterocycles. The molecule has 0 unspecified atom stereocenters. The van der Waals surface area contributed by atoms with Crippen LogP contribution in [0.1, 0.15) is 56.8 Å². The highest BCUT2D eigenvalue weighted by molar-refractivity contribution is 6.00. The van der Waals surface area contributed by atoms with Gasteiger partial charge in [0.2, 0.25) is 0 Å². The van der Waals surface area contributed by atoms with Crippen molar-refractivity contribution in [1.82, 2.24) is 0 Å². The molecular weight excluding hydrogens is 240 g/mol. The van der Waals surface area contributed by atoms with Gasteiger partial charge in [0.25, 0.3) is 0 Å². The minimum atomic E-state index is -0.400. The molecule has 0 radical (unpaired) electrons. The van der Waals surface area contributed by atoms with Crippen molar-refractivity contribution in [3.8, 4) is 5.75 Å². The molecule has 19 heavy (non-hydrogen) atoms. The van der Waals surface area contributed by atoms with Crippen LogP contribution in [0.25, 0.3) is 0 Å². The molecule has 0 aliphatic heterocycles. The van der Waals surface area contributed by atoms with Gasteiger partial charge in [-0.05, 0) is 25.0 Å². The maximum Gasteiger partial charge on any atom is 0.308 e. The van der Waals surface area contributed by atoms with Gasteiger partial charge in [0.05, 0.1) is 5.56 Å². The van der Waals surface area contributed by atoms with E-state index < -0.39 is 5.97 Å². The van der Waals surface area contributed by atoms with Crippen molar-refractivity contribution in [3.63, 3.8) is 0 Å². The molecular formula is C16H22O3. The van der Waals surface area contributed by atoms with E-state index in [1.54, 1.807) is 24.3 Å². The first kappa shape index (κ1) is 15.4. The van der Waals surface area contributed by atoms with Crippen molar-refractivity contribution >= 4 is 11.8 Å². The van der Waals surface area contributed by atoms with Crippen LogP contribution in [0, 0.1) is 5.92 Å². The number of rotatable bonds is 7. The monoisotopic (exact) mass is 262 g/mol. The Hall–Kier alpha value is -1.64. The summed E-state index contributed by atoms with van der Waals surface area (Å²) in [5, 5.41) is 0. The lowest BCUT2D eigenvalue weighted by molar-refractivity contribution is -0.131. The molecule has 0 aliphatic carbocycles. The van der Waals surface area contributed by atoms with E-state index in [0.717, 1.165) is 25.7 Å². The van der Waals surface area contributed by atoms with Gasteiger partial charge in [-0.2, -0.15) is 0 Å². The second kappa shape index (κ2) is 7.72. The molecule has 0 aliphatic rings. The van der Waals surface area contributed by atoms with E-state index in [1.807, 2.05) is 0 Å². The van der Waals surface area contributed by atoms with Crippen molar-refractivity contribution in [3.05, 3.63) is 29.8 Å². The Morgan fingerprint density at radius 1 is 1.11 bits per heavy atom. The summed E-state index contributed by atoms with van der Waals surface area (Å²) in [7, 11) is 0. The first-order valence-corrected chi connectivity index (χ1v) is 6.91. The molecule has 104 valence electrons. The third-order valence-corrected chi connectivity index (χ3v) is 3.05. The molecule has 0 bridgehead atoms. The molecule has 0 atom stereocenters. The summed E-state index contributed by atoms with van der Waals surface area (Å²) < 4.78 is 5.11. The standard InChI is InChI=1S/C16H22O3/c1-4-8-13(9-5-2)16(18)14-10-6-7-11-15(14)19-12(3)17/h6-7,10-11,13H,4-5,8-9H2,1-3H3. The number of carbonyl (C=O) groups is 2. The predicted octanol–water partition coefficient (Wildman–Crippen LogP) is 4.01. The van der Waals surface area contributed by atoms with Gasteiger partial charge < -0.3 is 4.74 Å². The van der Waals surface area contributed by atoms with Gasteiger partial charge in [-0.15, -0.1) is 0 Å². The predicted molar refractivity (Wildman–Crippen MR) is 75.4 cm³/mol. The Kier molecular flexibility index (Phi) is 6.26. The van der Waals surface area contributed by atoms with E-state index in [1.165, 1.54) is 6.92 Å². The van der Waals surface area contributed by atoms with Crippen molar-refractivity contribution in [1.29, 1.82) is 0 Å². The van der Waals surface area contributed by atoms with E-state index in [4.69, 9.17) is 4.74 Å². The molecule has 0 saturated carbocycles. The van der Waals surface area contributed by atoms with Crippen LogP contribution in [-0.4, -0.2) is 11.8 Å². The summed E-state index contributed by atoms with van der Waals surface area (Å²) in [5.41, 5.74) is 0.518. The van der Waals surface area contributed by atoms with Gasteiger partial charge in [-0.3, -0.25) is 9.59 Å². The third-order valence-electron chi connectivity index (χ3n) is 3.05. The number of hydrogen-bond donors (Lipinski definition) is 0. The fourth-order valence-electron chi connectivity index (χ4n) is 2.24. The van der Waals surface area contributed by atoms with E-state index in [-0.39, 0.29) is 11.7 Å². The van der Waals surface area contributed by atoms with Crippen molar-refractivity contribution in [2.75, 3.05) is 0 Å². The summed E-state index contributed by atoms with van der Waals surface area (Å²) in [6.07, 6.45) is 3.71. The molecule has 1 rings (SSSR count). The van der Waals surface area contributed by atoms with Crippen molar-refractivity contribution < 1.29 is 14.3 Å². The van der Waals surface area contributed by atoms with E-state index in [9.17, 15) is 9.59 Å². The number of hydrogen-bond acceptors (Lipinski definition) is 3. The molecule has 0 N–H and O–H groups in total. The number of Topliss-reactive ketones (excluding diaryl/α,β-unsaturated/α-hetero) is 1. The first-order valence-electron chi connectivity index (χ1n) is 6.91. The molecule has 0 aromatic heterocycles. The summed E-state index contributed by atoms with van der Waals surface area (Å²) >= 11 is 0. The van der Waals surface area contributed by atoms with Crippen molar-refractivity contribution in [2.24, 2.45) is 5.92 Å². The van der Waals surface area contributed by atoms with Gasteiger partial charge in [-0.1, -0.05) is 38.8 Å². The zero-order chi connectivity index (χ0) is 14.3. The SMILES string of the molecule is CCCC(CCC)C(=O)c1ccccc1OC(C)=O. The highest BCUT2D eigenvalue weighted by Crippen LogP contribution is 2.26. The Bertz CT molecular complexity index is 431. The number of para-hydroxylation sites is 1. The van der Waals surface area contributed by atoms with Crippen LogP contribution in [0.2, 0.25) is 0 Å². The smallest absolute Gasteiger partial charge is 0.308 e. The fourth-order valence-corrected chi connectivity index (χ4v) is 2.24. The van der Waals surface area contributed by atoms with Crippen LogP contribution in [0.4, 0.5) is 0 Å². The van der Waals surface area contributed by atoms with Crippen LogP contribution in [0.3, 0.4) is 0 Å². The van der Waals surface area contributed by atoms with Gasteiger partial charge in [0.15, 0.2) is 5.78 Å². The fraction of sp³-hybridized carbons (Fsp3) is 0.500. The number of esters is 1. The van der Waals surface area contributed by atoms with E-state index >= 15 is 0 Å². The topological polar surface area (TPSA) is 43.4 Å². The number of ether oxygens (including phenoxy) is 1.